The normalized spacial score (nSPS) is 10.2. The van der Waals surface area contributed by atoms with Crippen LogP contribution in [0.15, 0.2) is 48.5 Å². The first kappa shape index (κ1) is 13.3. The highest BCUT2D eigenvalue weighted by atomic mass is 16.5. The molecule has 2 aromatic rings. The molecule has 0 fully saturated rings. The molecule has 0 saturated heterocycles. The molecule has 19 heavy (non-hydrogen) atoms. The zero-order valence-corrected chi connectivity index (χ0v) is 11.3. The molecule has 0 amide bonds. The van der Waals surface area contributed by atoms with Crippen LogP contribution >= 0.6 is 0 Å². The topological polar surface area (TPSA) is 26.3 Å². The molecule has 0 atom stereocenters. The van der Waals surface area contributed by atoms with Crippen molar-refractivity contribution in [2.75, 3.05) is 6.61 Å². The van der Waals surface area contributed by atoms with E-state index >= 15 is 0 Å². The Morgan fingerprint density at radius 3 is 2.53 bits per heavy atom. The van der Waals surface area contributed by atoms with Gasteiger partial charge in [0.1, 0.15) is 5.75 Å². The summed E-state index contributed by atoms with van der Waals surface area (Å²) in [5.41, 5.74) is 3.05. The minimum Gasteiger partial charge on any atom is -0.485 e. The average molecular weight is 254 g/mol. The van der Waals surface area contributed by atoms with Crippen molar-refractivity contribution in [1.29, 1.82) is 0 Å². The van der Waals surface area contributed by atoms with Crippen molar-refractivity contribution in [2.24, 2.45) is 0 Å². The third-order valence-electron chi connectivity index (χ3n) is 3.05. The maximum atomic E-state index is 12.0. The Bertz CT molecular complexity index is 556. The van der Waals surface area contributed by atoms with E-state index in [1.807, 2.05) is 49.4 Å². The molecule has 0 aliphatic heterocycles. The molecule has 0 radical (unpaired) electrons. The van der Waals surface area contributed by atoms with Crippen molar-refractivity contribution in [3.63, 3.8) is 0 Å². The number of carbonyl (C=O) groups is 1. The van der Waals surface area contributed by atoms with Crippen molar-refractivity contribution < 1.29 is 9.53 Å². The Labute approximate surface area is 114 Å². The van der Waals surface area contributed by atoms with Crippen LogP contribution in [0.3, 0.4) is 0 Å². The first-order valence-corrected chi connectivity index (χ1v) is 6.50. The number of carbonyl (C=O) groups excluding carboxylic acids is 1. The van der Waals surface area contributed by atoms with Crippen molar-refractivity contribution >= 4 is 5.78 Å². The Hall–Kier alpha value is -2.09. The van der Waals surface area contributed by atoms with Crippen LogP contribution in [0.25, 0.3) is 0 Å². The number of Topliss-reactive ketones (excluding diaryl/α,β-unsaturated/α-hetero) is 1. The summed E-state index contributed by atoms with van der Waals surface area (Å²) in [5.74, 6) is 0.752. The summed E-state index contributed by atoms with van der Waals surface area (Å²) >= 11 is 0. The van der Waals surface area contributed by atoms with E-state index in [-0.39, 0.29) is 12.4 Å². The van der Waals surface area contributed by atoms with E-state index in [4.69, 9.17) is 4.74 Å². The maximum absolute atomic E-state index is 12.0. The van der Waals surface area contributed by atoms with E-state index in [0.29, 0.717) is 5.56 Å². The van der Waals surface area contributed by atoms with E-state index in [1.54, 1.807) is 0 Å². The highest BCUT2D eigenvalue weighted by Crippen LogP contribution is 2.14. The van der Waals surface area contributed by atoms with Gasteiger partial charge in [0.15, 0.2) is 12.4 Å². The number of aryl methyl sites for hydroxylation is 2. The molecule has 0 N–H and O–H groups in total. The van der Waals surface area contributed by atoms with Gasteiger partial charge in [-0.1, -0.05) is 48.9 Å². The minimum absolute atomic E-state index is 0.00176. The molecule has 2 nitrogen and oxygen atoms in total. The van der Waals surface area contributed by atoms with Crippen molar-refractivity contribution in [1.82, 2.24) is 0 Å². The van der Waals surface area contributed by atoms with Gasteiger partial charge in [0.2, 0.25) is 0 Å². The predicted molar refractivity (Wildman–Crippen MR) is 76.8 cm³/mol. The van der Waals surface area contributed by atoms with Crippen molar-refractivity contribution in [2.45, 2.75) is 20.3 Å². The highest BCUT2D eigenvalue weighted by molar-refractivity contribution is 5.97. The number of ketones is 1. The van der Waals surface area contributed by atoms with Crippen LogP contribution in [-0.4, -0.2) is 12.4 Å². The van der Waals surface area contributed by atoms with Gasteiger partial charge in [0, 0.05) is 5.56 Å². The summed E-state index contributed by atoms with van der Waals surface area (Å²) in [7, 11) is 0. The van der Waals surface area contributed by atoms with Crippen LogP contribution in [-0.2, 0) is 6.42 Å². The predicted octanol–water partition coefficient (Wildman–Crippen LogP) is 3.82. The van der Waals surface area contributed by atoms with Gasteiger partial charge in [-0.05, 0) is 31.0 Å². The SMILES string of the molecule is CCc1cccc(OCC(=O)c2ccc(C)cc2)c1. The Morgan fingerprint density at radius 2 is 1.84 bits per heavy atom. The lowest BCUT2D eigenvalue weighted by Crippen LogP contribution is -2.11. The lowest BCUT2D eigenvalue weighted by atomic mass is 10.1. The summed E-state index contributed by atoms with van der Waals surface area (Å²) in [5, 5.41) is 0. The smallest absolute Gasteiger partial charge is 0.200 e. The fourth-order valence-electron chi connectivity index (χ4n) is 1.83. The number of hydrogen-bond donors (Lipinski definition) is 0. The molecule has 0 bridgehead atoms. The van der Waals surface area contributed by atoms with Crippen molar-refractivity contribution in [3.8, 4) is 5.75 Å². The largest absolute Gasteiger partial charge is 0.485 e. The molecule has 2 rings (SSSR count). The van der Waals surface area contributed by atoms with Crippen molar-refractivity contribution in [3.05, 3.63) is 65.2 Å². The summed E-state index contributed by atoms with van der Waals surface area (Å²) < 4.78 is 5.55. The standard InChI is InChI=1S/C17H18O2/c1-3-14-5-4-6-16(11-14)19-12-17(18)15-9-7-13(2)8-10-15/h4-11H,3,12H2,1-2H3. The molecule has 0 aromatic heterocycles. The van der Waals surface area contributed by atoms with E-state index in [9.17, 15) is 4.79 Å². The molecule has 0 unspecified atom stereocenters. The Kier molecular flexibility index (Phi) is 4.35. The van der Waals surface area contributed by atoms with Crippen LogP contribution in [0.1, 0.15) is 28.4 Å². The zero-order chi connectivity index (χ0) is 13.7. The Balaban J connectivity index is 1.98. The lowest BCUT2D eigenvalue weighted by Gasteiger charge is -2.07. The summed E-state index contributed by atoms with van der Waals surface area (Å²) in [6, 6.07) is 15.4. The van der Waals surface area contributed by atoms with Gasteiger partial charge in [-0.15, -0.1) is 0 Å². The third-order valence-corrected chi connectivity index (χ3v) is 3.05. The van der Waals surface area contributed by atoms with Crippen LogP contribution in [0.2, 0.25) is 0 Å². The second-order valence-electron chi connectivity index (χ2n) is 4.58. The first-order chi connectivity index (χ1) is 9.19. The van der Waals surface area contributed by atoms with Crippen LogP contribution in [0.4, 0.5) is 0 Å². The molecule has 0 heterocycles. The molecule has 0 aliphatic carbocycles. The molecule has 2 heteroatoms. The van der Waals surface area contributed by atoms with Crippen LogP contribution in [0.5, 0.6) is 5.75 Å². The molecule has 0 spiro atoms. The molecular formula is C17H18O2. The minimum atomic E-state index is 0.00176. The average Bonchev–Trinajstić information content (AvgIpc) is 2.46. The van der Waals surface area contributed by atoms with Gasteiger partial charge in [-0.25, -0.2) is 0 Å². The lowest BCUT2D eigenvalue weighted by molar-refractivity contribution is 0.0921. The van der Waals surface area contributed by atoms with E-state index in [0.717, 1.165) is 17.7 Å². The summed E-state index contributed by atoms with van der Waals surface area (Å²) in [4.78, 5) is 12.0. The number of ether oxygens (including phenoxy) is 1. The van der Waals surface area contributed by atoms with Crippen LogP contribution in [0, 0.1) is 6.92 Å². The molecule has 98 valence electrons. The highest BCUT2D eigenvalue weighted by Gasteiger charge is 2.06. The monoisotopic (exact) mass is 254 g/mol. The van der Waals surface area contributed by atoms with E-state index in [1.165, 1.54) is 5.56 Å². The molecular weight excluding hydrogens is 236 g/mol. The first-order valence-electron chi connectivity index (χ1n) is 6.50. The Morgan fingerprint density at radius 1 is 1.11 bits per heavy atom. The van der Waals surface area contributed by atoms with Gasteiger partial charge >= 0.3 is 0 Å². The van der Waals surface area contributed by atoms with Gasteiger partial charge in [0.05, 0.1) is 0 Å². The van der Waals surface area contributed by atoms with Gasteiger partial charge in [0.25, 0.3) is 0 Å². The number of benzene rings is 2. The number of rotatable bonds is 5. The summed E-state index contributed by atoms with van der Waals surface area (Å²) in [6.45, 7) is 4.17. The van der Waals surface area contributed by atoms with Gasteiger partial charge in [-0.2, -0.15) is 0 Å². The molecule has 2 aromatic carbocycles. The molecule has 0 aliphatic rings. The zero-order valence-electron chi connectivity index (χ0n) is 11.3. The quantitative estimate of drug-likeness (QED) is 0.758. The van der Waals surface area contributed by atoms with E-state index < -0.39 is 0 Å². The second-order valence-corrected chi connectivity index (χ2v) is 4.58. The second kappa shape index (κ2) is 6.19. The fourth-order valence-corrected chi connectivity index (χ4v) is 1.83. The number of hydrogen-bond acceptors (Lipinski definition) is 2. The maximum Gasteiger partial charge on any atom is 0.200 e. The summed E-state index contributed by atoms with van der Waals surface area (Å²) in [6.07, 6.45) is 0.961. The fraction of sp³-hybridized carbons (Fsp3) is 0.235. The van der Waals surface area contributed by atoms with Gasteiger partial charge < -0.3 is 4.74 Å². The third kappa shape index (κ3) is 3.68. The van der Waals surface area contributed by atoms with Gasteiger partial charge in [-0.3, -0.25) is 4.79 Å². The van der Waals surface area contributed by atoms with Crippen LogP contribution < -0.4 is 4.74 Å². The van der Waals surface area contributed by atoms with E-state index in [2.05, 4.69) is 13.0 Å². The molecule has 0 saturated carbocycles.